The molecule has 78 valence electrons. The van der Waals surface area contributed by atoms with Gasteiger partial charge in [0.2, 0.25) is 0 Å². The van der Waals surface area contributed by atoms with Crippen LogP contribution >= 0.6 is 15.9 Å². The van der Waals surface area contributed by atoms with Gasteiger partial charge in [0.15, 0.2) is 0 Å². The molecule has 0 aliphatic rings. The average Bonchev–Trinajstić information content (AvgIpc) is 2.41. The van der Waals surface area contributed by atoms with E-state index in [1.165, 1.54) is 18.5 Å². The number of unbranched alkanes of at least 4 members (excludes halogenated alkanes) is 1. The summed E-state index contributed by atoms with van der Waals surface area (Å²) in [5, 5.41) is 0. The molecular formula is C11H16BrNO. The minimum absolute atomic E-state index is 0.200. The van der Waals surface area contributed by atoms with E-state index in [9.17, 15) is 4.79 Å². The van der Waals surface area contributed by atoms with Crippen LogP contribution in [0, 0.1) is 0 Å². The zero-order chi connectivity index (χ0) is 10.6. The highest BCUT2D eigenvalue weighted by Gasteiger charge is 2.05. The Morgan fingerprint density at radius 3 is 2.86 bits per heavy atom. The smallest absolute Gasteiger partial charge is 0.149 e. The lowest BCUT2D eigenvalue weighted by Crippen LogP contribution is -2.08. The number of rotatable bonds is 5. The van der Waals surface area contributed by atoms with E-state index < -0.39 is 0 Å². The molecule has 0 saturated carbocycles. The zero-order valence-electron chi connectivity index (χ0n) is 8.72. The quantitative estimate of drug-likeness (QED) is 0.795. The number of ketones is 1. The van der Waals surface area contributed by atoms with Gasteiger partial charge in [-0.05, 0) is 41.8 Å². The lowest BCUT2D eigenvalue weighted by atomic mass is 10.2. The molecule has 2 nitrogen and oxygen atoms in total. The van der Waals surface area contributed by atoms with Crippen molar-refractivity contribution < 1.29 is 4.79 Å². The number of aromatic nitrogens is 1. The first-order valence-electron chi connectivity index (χ1n) is 4.97. The maximum Gasteiger partial charge on any atom is 0.149 e. The van der Waals surface area contributed by atoms with Gasteiger partial charge in [-0.2, -0.15) is 0 Å². The Hall–Kier alpha value is -0.570. The molecule has 0 amide bonds. The molecule has 0 atom stereocenters. The molecule has 0 saturated heterocycles. The van der Waals surface area contributed by atoms with E-state index in [1.54, 1.807) is 6.92 Å². The number of nitrogens with zero attached hydrogens (tertiary/aromatic N) is 1. The summed E-state index contributed by atoms with van der Waals surface area (Å²) in [6, 6.07) is 2.10. The molecule has 0 aliphatic carbocycles. The number of carbonyl (C=O) groups is 1. The molecule has 0 unspecified atom stereocenters. The van der Waals surface area contributed by atoms with Crippen LogP contribution in [-0.2, 0) is 17.8 Å². The van der Waals surface area contributed by atoms with E-state index in [0.29, 0.717) is 6.54 Å². The maximum atomic E-state index is 11.0. The number of aryl methyl sites for hydroxylation is 1. The molecular weight excluding hydrogens is 242 g/mol. The highest BCUT2D eigenvalue weighted by molar-refractivity contribution is 9.10. The molecule has 0 aliphatic heterocycles. The van der Waals surface area contributed by atoms with Gasteiger partial charge in [0, 0.05) is 16.4 Å². The van der Waals surface area contributed by atoms with Gasteiger partial charge in [-0.15, -0.1) is 0 Å². The lowest BCUT2D eigenvalue weighted by Gasteiger charge is -2.05. The minimum atomic E-state index is 0.200. The van der Waals surface area contributed by atoms with Crippen LogP contribution in [0.3, 0.4) is 0 Å². The molecule has 1 aromatic rings. The van der Waals surface area contributed by atoms with Gasteiger partial charge >= 0.3 is 0 Å². The Morgan fingerprint density at radius 2 is 2.29 bits per heavy atom. The topological polar surface area (TPSA) is 22.0 Å². The predicted molar refractivity (Wildman–Crippen MR) is 61.4 cm³/mol. The molecule has 1 aromatic heterocycles. The molecule has 1 heterocycles. The summed E-state index contributed by atoms with van der Waals surface area (Å²) in [4.78, 5) is 11.0. The van der Waals surface area contributed by atoms with Gasteiger partial charge in [-0.1, -0.05) is 13.3 Å². The van der Waals surface area contributed by atoms with E-state index in [2.05, 4.69) is 28.9 Å². The molecule has 0 N–H and O–H groups in total. The summed E-state index contributed by atoms with van der Waals surface area (Å²) >= 11 is 3.43. The third-order valence-corrected chi connectivity index (χ3v) is 2.57. The van der Waals surface area contributed by atoms with Gasteiger partial charge in [0.1, 0.15) is 5.78 Å². The fraction of sp³-hybridized carbons (Fsp3) is 0.545. The van der Waals surface area contributed by atoms with Crippen LogP contribution in [0.4, 0.5) is 0 Å². The Labute approximate surface area is 93.4 Å². The third-order valence-electron chi connectivity index (χ3n) is 2.13. The zero-order valence-corrected chi connectivity index (χ0v) is 10.3. The Kier molecular flexibility index (Phi) is 4.39. The first kappa shape index (κ1) is 11.5. The Morgan fingerprint density at radius 1 is 1.57 bits per heavy atom. The standard InChI is InChI=1S/C11H16BrNO/c1-3-4-5-11-6-10(12)8-13(11)7-9(2)14/h6,8H,3-5,7H2,1-2H3. The number of carbonyl (C=O) groups excluding carboxylic acids is 1. The van der Waals surface area contributed by atoms with Crippen LogP contribution < -0.4 is 0 Å². The van der Waals surface area contributed by atoms with Crippen molar-refractivity contribution in [2.75, 3.05) is 0 Å². The summed E-state index contributed by atoms with van der Waals surface area (Å²) in [6.45, 7) is 4.29. The van der Waals surface area contributed by atoms with Crippen molar-refractivity contribution in [2.24, 2.45) is 0 Å². The second-order valence-corrected chi connectivity index (χ2v) is 4.50. The number of Topliss-reactive ketones (excluding diaryl/α,β-unsaturated/α-hetero) is 1. The predicted octanol–water partition coefficient (Wildman–Crippen LogP) is 3.18. The summed E-state index contributed by atoms with van der Waals surface area (Å²) in [7, 11) is 0. The van der Waals surface area contributed by atoms with E-state index in [4.69, 9.17) is 0 Å². The third kappa shape index (κ3) is 3.29. The first-order chi connectivity index (χ1) is 6.63. The van der Waals surface area contributed by atoms with Gasteiger partial charge in [0.05, 0.1) is 6.54 Å². The molecule has 0 spiro atoms. The fourth-order valence-electron chi connectivity index (χ4n) is 1.47. The molecule has 0 aromatic carbocycles. The van der Waals surface area contributed by atoms with Gasteiger partial charge < -0.3 is 4.57 Å². The lowest BCUT2D eigenvalue weighted by molar-refractivity contribution is -0.117. The van der Waals surface area contributed by atoms with Crippen molar-refractivity contribution in [1.29, 1.82) is 0 Å². The van der Waals surface area contributed by atoms with Crippen LogP contribution in [-0.4, -0.2) is 10.4 Å². The maximum absolute atomic E-state index is 11.0. The monoisotopic (exact) mass is 257 g/mol. The summed E-state index contributed by atoms with van der Waals surface area (Å²) in [5.74, 6) is 0.200. The van der Waals surface area contributed by atoms with Gasteiger partial charge in [-0.25, -0.2) is 0 Å². The van der Waals surface area contributed by atoms with Crippen molar-refractivity contribution in [2.45, 2.75) is 39.7 Å². The van der Waals surface area contributed by atoms with Gasteiger partial charge in [-0.3, -0.25) is 4.79 Å². The van der Waals surface area contributed by atoms with Crippen LogP contribution in [0.15, 0.2) is 16.7 Å². The average molecular weight is 258 g/mol. The normalized spacial score (nSPS) is 10.5. The van der Waals surface area contributed by atoms with E-state index in [-0.39, 0.29) is 5.78 Å². The van der Waals surface area contributed by atoms with Crippen molar-refractivity contribution in [3.05, 3.63) is 22.4 Å². The molecule has 0 bridgehead atoms. The van der Waals surface area contributed by atoms with Crippen LogP contribution in [0.5, 0.6) is 0 Å². The van der Waals surface area contributed by atoms with Crippen molar-refractivity contribution in [3.8, 4) is 0 Å². The molecule has 14 heavy (non-hydrogen) atoms. The number of halogens is 1. The van der Waals surface area contributed by atoms with Gasteiger partial charge in [0.25, 0.3) is 0 Å². The summed E-state index contributed by atoms with van der Waals surface area (Å²) in [6.07, 6.45) is 5.39. The van der Waals surface area contributed by atoms with Crippen LogP contribution in [0.25, 0.3) is 0 Å². The fourth-order valence-corrected chi connectivity index (χ4v) is 1.98. The van der Waals surface area contributed by atoms with Crippen molar-refractivity contribution in [1.82, 2.24) is 4.57 Å². The van der Waals surface area contributed by atoms with E-state index in [1.807, 2.05) is 10.8 Å². The Balaban J connectivity index is 2.74. The minimum Gasteiger partial charge on any atom is -0.343 e. The van der Waals surface area contributed by atoms with E-state index in [0.717, 1.165) is 10.9 Å². The highest BCUT2D eigenvalue weighted by atomic mass is 79.9. The second-order valence-electron chi connectivity index (χ2n) is 3.58. The SMILES string of the molecule is CCCCc1cc(Br)cn1CC(C)=O. The molecule has 0 fully saturated rings. The van der Waals surface area contributed by atoms with Crippen molar-refractivity contribution in [3.63, 3.8) is 0 Å². The number of hydrogen-bond acceptors (Lipinski definition) is 1. The number of hydrogen-bond donors (Lipinski definition) is 0. The van der Waals surface area contributed by atoms with Crippen molar-refractivity contribution >= 4 is 21.7 Å². The summed E-state index contributed by atoms with van der Waals surface area (Å²) in [5.41, 5.74) is 1.24. The molecule has 1 rings (SSSR count). The summed E-state index contributed by atoms with van der Waals surface area (Å²) < 4.78 is 3.09. The van der Waals surface area contributed by atoms with Crippen LogP contribution in [0.2, 0.25) is 0 Å². The molecule has 0 radical (unpaired) electrons. The first-order valence-corrected chi connectivity index (χ1v) is 5.76. The Bertz CT molecular complexity index is 317. The highest BCUT2D eigenvalue weighted by Crippen LogP contribution is 2.16. The second kappa shape index (κ2) is 5.35. The molecule has 3 heteroatoms. The van der Waals surface area contributed by atoms with Crippen LogP contribution in [0.1, 0.15) is 32.4 Å². The largest absolute Gasteiger partial charge is 0.343 e. The van der Waals surface area contributed by atoms with E-state index >= 15 is 0 Å².